The van der Waals surface area contributed by atoms with Gasteiger partial charge in [-0.1, -0.05) is 31.2 Å². The highest BCUT2D eigenvalue weighted by Gasteiger charge is 2.22. The lowest BCUT2D eigenvalue weighted by atomic mass is 10.1. The fraction of sp³-hybridized carbons (Fsp3) is 0.208. The lowest BCUT2D eigenvalue weighted by molar-refractivity contribution is 0.0954. The Balaban J connectivity index is 1.75. The second-order valence-corrected chi connectivity index (χ2v) is 8.81. The molecule has 6 nitrogen and oxygen atoms in total. The number of nitrogens with one attached hydrogen (secondary N) is 2. The zero-order valence-electron chi connectivity index (χ0n) is 17.9. The normalized spacial score (nSPS) is 11.1. The van der Waals surface area contributed by atoms with E-state index in [-0.39, 0.29) is 28.6 Å². The molecule has 0 aliphatic rings. The second kappa shape index (κ2) is 10.3. The number of carbonyl (C=O) groups excluding carboxylic acids is 1. The van der Waals surface area contributed by atoms with Gasteiger partial charge in [-0.3, -0.25) is 9.52 Å². The van der Waals surface area contributed by atoms with Crippen LogP contribution in [-0.2, 0) is 22.9 Å². The Labute approximate surface area is 187 Å². The molecule has 0 aliphatic heterocycles. The maximum absolute atomic E-state index is 13.3. The Hall–Kier alpha value is -3.39. The van der Waals surface area contributed by atoms with Crippen molar-refractivity contribution >= 4 is 21.6 Å². The summed E-state index contributed by atoms with van der Waals surface area (Å²) in [5.41, 5.74) is 2.42. The van der Waals surface area contributed by atoms with Crippen LogP contribution in [0.1, 0.15) is 28.4 Å². The van der Waals surface area contributed by atoms with E-state index in [1.807, 2.05) is 19.1 Å². The first-order chi connectivity index (χ1) is 15.3. The fourth-order valence-corrected chi connectivity index (χ4v) is 4.42. The monoisotopic (exact) mass is 456 g/mol. The first-order valence-electron chi connectivity index (χ1n) is 10.1. The van der Waals surface area contributed by atoms with E-state index in [0.29, 0.717) is 12.1 Å². The first kappa shape index (κ1) is 23.3. The summed E-state index contributed by atoms with van der Waals surface area (Å²) in [7, 11) is -2.63. The van der Waals surface area contributed by atoms with Gasteiger partial charge < -0.3 is 10.1 Å². The molecular formula is C24H25FN2O4S. The van der Waals surface area contributed by atoms with Crippen LogP contribution in [0.2, 0.25) is 0 Å². The summed E-state index contributed by atoms with van der Waals surface area (Å²) in [6.07, 6.45) is 1.29. The second-order valence-electron chi connectivity index (χ2n) is 7.16. The molecule has 0 fully saturated rings. The molecule has 0 saturated carbocycles. The minimum absolute atomic E-state index is 0.124. The van der Waals surface area contributed by atoms with Crippen molar-refractivity contribution in [3.05, 3.63) is 89.2 Å². The predicted molar refractivity (Wildman–Crippen MR) is 122 cm³/mol. The molecule has 0 aromatic heterocycles. The van der Waals surface area contributed by atoms with Crippen molar-refractivity contribution in [2.24, 2.45) is 0 Å². The van der Waals surface area contributed by atoms with Crippen molar-refractivity contribution in [1.82, 2.24) is 5.32 Å². The molecule has 0 aliphatic carbocycles. The molecule has 0 spiro atoms. The van der Waals surface area contributed by atoms with Gasteiger partial charge in [0.05, 0.1) is 7.11 Å². The van der Waals surface area contributed by atoms with Gasteiger partial charge in [0.15, 0.2) is 0 Å². The van der Waals surface area contributed by atoms with Gasteiger partial charge in [0.2, 0.25) is 0 Å². The summed E-state index contributed by atoms with van der Waals surface area (Å²) in [6, 6.07) is 17.4. The van der Waals surface area contributed by atoms with Gasteiger partial charge in [0.25, 0.3) is 15.9 Å². The van der Waals surface area contributed by atoms with E-state index in [9.17, 15) is 17.6 Å². The summed E-state index contributed by atoms with van der Waals surface area (Å²) in [5, 5.41) is 2.73. The van der Waals surface area contributed by atoms with Gasteiger partial charge >= 0.3 is 0 Å². The van der Waals surface area contributed by atoms with Crippen molar-refractivity contribution in [2.75, 3.05) is 18.4 Å². The maximum atomic E-state index is 13.3. The molecule has 1 amide bonds. The van der Waals surface area contributed by atoms with Gasteiger partial charge in [-0.15, -0.1) is 0 Å². The van der Waals surface area contributed by atoms with E-state index in [1.54, 1.807) is 24.3 Å². The highest BCUT2D eigenvalue weighted by molar-refractivity contribution is 7.92. The largest absolute Gasteiger partial charge is 0.495 e. The molecule has 8 heteroatoms. The lowest BCUT2D eigenvalue weighted by Crippen LogP contribution is -2.26. The Kier molecular flexibility index (Phi) is 7.48. The molecule has 0 bridgehead atoms. The lowest BCUT2D eigenvalue weighted by Gasteiger charge is -2.13. The third-order valence-corrected chi connectivity index (χ3v) is 6.32. The fourth-order valence-electron chi connectivity index (χ4n) is 3.16. The standard InChI is InChI=1S/C24H25FN2O4S/c1-3-17-7-10-21(11-8-17)27-32(29,30)23-16-19(9-12-22(23)31-2)24(28)26-14-13-18-5-4-6-20(25)15-18/h4-12,15-16,27H,3,13-14H2,1-2H3,(H,26,28). The van der Waals surface area contributed by atoms with Gasteiger partial charge in [-0.05, 0) is 66.4 Å². The van der Waals surface area contributed by atoms with Gasteiger partial charge in [0, 0.05) is 17.8 Å². The highest BCUT2D eigenvalue weighted by Crippen LogP contribution is 2.27. The maximum Gasteiger partial charge on any atom is 0.265 e. The van der Waals surface area contributed by atoms with Crippen LogP contribution in [0, 0.1) is 5.82 Å². The Morgan fingerprint density at radius 1 is 1.00 bits per heavy atom. The number of sulfonamides is 1. The van der Waals surface area contributed by atoms with Crippen molar-refractivity contribution < 1.29 is 22.3 Å². The van der Waals surface area contributed by atoms with E-state index in [1.165, 1.54) is 37.4 Å². The third kappa shape index (κ3) is 5.85. The number of halogens is 1. The summed E-state index contributed by atoms with van der Waals surface area (Å²) in [4.78, 5) is 12.4. The quantitative estimate of drug-likeness (QED) is 0.506. The molecule has 3 aromatic rings. The van der Waals surface area contributed by atoms with E-state index >= 15 is 0 Å². The van der Waals surface area contributed by atoms with Crippen LogP contribution in [-0.4, -0.2) is 28.0 Å². The predicted octanol–water partition coefficient (Wildman–Crippen LogP) is 4.17. The number of carbonyl (C=O) groups is 1. The molecule has 168 valence electrons. The molecule has 2 N–H and O–H groups in total. The molecule has 0 unspecified atom stereocenters. The number of ether oxygens (including phenoxy) is 1. The van der Waals surface area contributed by atoms with Crippen LogP contribution < -0.4 is 14.8 Å². The molecule has 0 atom stereocenters. The molecule has 0 saturated heterocycles. The van der Waals surface area contributed by atoms with Crippen LogP contribution in [0.4, 0.5) is 10.1 Å². The number of hydrogen-bond donors (Lipinski definition) is 2. The van der Waals surface area contributed by atoms with Crippen molar-refractivity contribution in [1.29, 1.82) is 0 Å². The number of amides is 1. The van der Waals surface area contributed by atoms with Crippen LogP contribution >= 0.6 is 0 Å². The molecular weight excluding hydrogens is 431 g/mol. The zero-order valence-corrected chi connectivity index (χ0v) is 18.7. The minimum atomic E-state index is -4.00. The Morgan fingerprint density at radius 3 is 2.41 bits per heavy atom. The molecule has 3 rings (SSSR count). The topological polar surface area (TPSA) is 84.5 Å². The van der Waals surface area contributed by atoms with E-state index in [0.717, 1.165) is 17.5 Å². The molecule has 0 heterocycles. The van der Waals surface area contributed by atoms with E-state index < -0.39 is 15.9 Å². The number of rotatable bonds is 9. The van der Waals surface area contributed by atoms with Gasteiger partial charge in [0.1, 0.15) is 16.5 Å². The van der Waals surface area contributed by atoms with Gasteiger partial charge in [-0.2, -0.15) is 0 Å². The number of benzene rings is 3. The third-order valence-electron chi connectivity index (χ3n) is 4.92. The van der Waals surface area contributed by atoms with E-state index in [2.05, 4.69) is 10.0 Å². The van der Waals surface area contributed by atoms with E-state index in [4.69, 9.17) is 4.74 Å². The molecule has 0 radical (unpaired) electrons. The average molecular weight is 457 g/mol. The summed E-state index contributed by atoms with van der Waals surface area (Å²) in [5.74, 6) is -0.651. The Bertz CT molecular complexity index is 1190. The van der Waals surface area contributed by atoms with Crippen LogP contribution in [0.15, 0.2) is 71.6 Å². The Morgan fingerprint density at radius 2 is 1.75 bits per heavy atom. The summed E-state index contributed by atoms with van der Waals surface area (Å²) >= 11 is 0. The SMILES string of the molecule is CCc1ccc(NS(=O)(=O)c2cc(C(=O)NCCc3cccc(F)c3)ccc2OC)cc1. The highest BCUT2D eigenvalue weighted by atomic mass is 32.2. The number of anilines is 1. The van der Waals surface area contributed by atoms with Crippen LogP contribution in [0.25, 0.3) is 0 Å². The smallest absolute Gasteiger partial charge is 0.265 e. The van der Waals surface area contributed by atoms with Crippen LogP contribution in [0.5, 0.6) is 5.75 Å². The molecule has 3 aromatic carbocycles. The van der Waals surface area contributed by atoms with Crippen LogP contribution in [0.3, 0.4) is 0 Å². The number of methoxy groups -OCH3 is 1. The van der Waals surface area contributed by atoms with Gasteiger partial charge in [-0.25, -0.2) is 12.8 Å². The average Bonchev–Trinajstić information content (AvgIpc) is 2.79. The van der Waals surface area contributed by atoms with Crippen molar-refractivity contribution in [2.45, 2.75) is 24.7 Å². The summed E-state index contributed by atoms with van der Waals surface area (Å²) < 4.78 is 47.0. The number of aryl methyl sites for hydroxylation is 1. The molecule has 32 heavy (non-hydrogen) atoms. The minimum Gasteiger partial charge on any atom is -0.495 e. The zero-order chi connectivity index (χ0) is 23.1. The van der Waals surface area contributed by atoms with Crippen molar-refractivity contribution in [3.8, 4) is 5.75 Å². The summed E-state index contributed by atoms with van der Waals surface area (Å²) in [6.45, 7) is 2.29. The van der Waals surface area contributed by atoms with Crippen molar-refractivity contribution in [3.63, 3.8) is 0 Å². The first-order valence-corrected chi connectivity index (χ1v) is 11.6. The number of hydrogen-bond acceptors (Lipinski definition) is 4.